The average molecular weight is 506 g/mol. The predicted octanol–water partition coefficient (Wildman–Crippen LogP) is 3.42. The minimum atomic E-state index is -1.08. The lowest BCUT2D eigenvalue weighted by atomic mass is 9.66. The van der Waals surface area contributed by atoms with E-state index >= 15 is 0 Å². The van der Waals surface area contributed by atoms with Crippen molar-refractivity contribution in [1.82, 2.24) is 4.90 Å². The molecule has 8 nitrogen and oxygen atoms in total. The molecule has 8 heteroatoms. The van der Waals surface area contributed by atoms with Gasteiger partial charge in [0.15, 0.2) is 0 Å². The van der Waals surface area contributed by atoms with Gasteiger partial charge in [0.2, 0.25) is 17.7 Å². The maximum atomic E-state index is 14.0. The Bertz CT molecular complexity index is 1200. The molecule has 196 valence electrons. The van der Waals surface area contributed by atoms with Crippen LogP contribution in [0.25, 0.3) is 0 Å². The van der Waals surface area contributed by atoms with Crippen molar-refractivity contribution in [3.63, 3.8) is 0 Å². The zero-order valence-electron chi connectivity index (χ0n) is 21.6. The second kappa shape index (κ2) is 9.58. The number of aliphatic hydroxyl groups excluding tert-OH is 1. The third-order valence-electron chi connectivity index (χ3n) is 8.39. The second-order valence-corrected chi connectivity index (χ2v) is 10.8. The molecular weight excluding hydrogens is 470 g/mol. The highest BCUT2D eigenvalue weighted by molar-refractivity contribution is 6.05. The smallest absolute Gasteiger partial charge is 0.250 e. The Morgan fingerprint density at radius 2 is 1.70 bits per heavy atom. The van der Waals surface area contributed by atoms with Gasteiger partial charge in [-0.3, -0.25) is 14.4 Å². The number of carbonyl (C=O) groups is 3. The van der Waals surface area contributed by atoms with Gasteiger partial charge in [-0.2, -0.15) is 0 Å². The lowest BCUT2D eigenvalue weighted by molar-refractivity contribution is -0.143. The number of aliphatic hydroxyl groups is 1. The number of hydrogen-bond acceptors (Lipinski definition) is 5. The van der Waals surface area contributed by atoms with Crippen molar-refractivity contribution in [3.8, 4) is 0 Å². The summed E-state index contributed by atoms with van der Waals surface area (Å²) >= 11 is 0. The van der Waals surface area contributed by atoms with Gasteiger partial charge in [0, 0.05) is 24.5 Å². The van der Waals surface area contributed by atoms with Gasteiger partial charge >= 0.3 is 0 Å². The Labute approximate surface area is 217 Å². The third-order valence-corrected chi connectivity index (χ3v) is 8.39. The molecule has 1 spiro atoms. The number of aryl methyl sites for hydroxylation is 2. The molecule has 37 heavy (non-hydrogen) atoms. The number of anilines is 2. The van der Waals surface area contributed by atoms with Gasteiger partial charge in [0.05, 0.1) is 17.4 Å². The Morgan fingerprint density at radius 3 is 2.38 bits per heavy atom. The quantitative estimate of drug-likeness (QED) is 0.477. The molecular formula is C29H35N3O5. The predicted molar refractivity (Wildman–Crippen MR) is 140 cm³/mol. The van der Waals surface area contributed by atoms with Gasteiger partial charge in [0.1, 0.15) is 11.6 Å². The second-order valence-electron chi connectivity index (χ2n) is 10.8. The fourth-order valence-electron chi connectivity index (χ4n) is 6.71. The number of likely N-dealkylation sites (tertiary alicyclic amines) is 1. The first-order valence-electron chi connectivity index (χ1n) is 13.1. The Hall–Kier alpha value is -3.23. The van der Waals surface area contributed by atoms with E-state index in [0.29, 0.717) is 37.9 Å². The van der Waals surface area contributed by atoms with Crippen LogP contribution >= 0.6 is 0 Å². The highest BCUT2D eigenvalue weighted by atomic mass is 16.5. The Balaban J connectivity index is 1.50. The summed E-state index contributed by atoms with van der Waals surface area (Å²) in [5, 5.41) is 15.4. The normalized spacial score (nSPS) is 29.9. The molecule has 0 radical (unpaired) electrons. The van der Waals surface area contributed by atoms with Crippen LogP contribution in [-0.4, -0.2) is 58.1 Å². The average Bonchev–Trinajstić information content (AvgIpc) is 3.43. The van der Waals surface area contributed by atoms with E-state index in [-0.39, 0.29) is 24.3 Å². The monoisotopic (exact) mass is 505 g/mol. The summed E-state index contributed by atoms with van der Waals surface area (Å²) in [7, 11) is 0. The van der Waals surface area contributed by atoms with Crippen molar-refractivity contribution in [1.29, 1.82) is 0 Å². The summed E-state index contributed by atoms with van der Waals surface area (Å²) in [6.45, 7) is 6.08. The molecule has 0 aromatic heterocycles. The van der Waals surface area contributed by atoms with E-state index in [0.717, 1.165) is 16.8 Å². The molecule has 3 fully saturated rings. The number of ether oxygens (including phenoxy) is 1. The highest BCUT2D eigenvalue weighted by Crippen LogP contribution is 2.63. The van der Waals surface area contributed by atoms with Gasteiger partial charge < -0.3 is 25.4 Å². The molecule has 2 aromatic carbocycles. The summed E-state index contributed by atoms with van der Waals surface area (Å²) < 4.78 is 6.65. The van der Waals surface area contributed by atoms with Crippen LogP contribution in [0.4, 0.5) is 11.4 Å². The zero-order valence-corrected chi connectivity index (χ0v) is 21.6. The molecule has 3 amide bonds. The van der Waals surface area contributed by atoms with Gasteiger partial charge in [-0.05, 0) is 69.7 Å². The maximum Gasteiger partial charge on any atom is 0.250 e. The van der Waals surface area contributed by atoms with Gasteiger partial charge in [-0.1, -0.05) is 36.4 Å². The first-order chi connectivity index (χ1) is 17.7. The molecule has 0 saturated carbocycles. The number of carbonyl (C=O) groups excluding carboxylic acids is 3. The lowest BCUT2D eigenvalue weighted by Gasteiger charge is -2.33. The number of nitrogens with zero attached hydrogens (tertiary/aromatic N) is 1. The van der Waals surface area contributed by atoms with E-state index in [1.807, 2.05) is 69.3 Å². The summed E-state index contributed by atoms with van der Waals surface area (Å²) in [5.41, 5.74) is 1.33. The van der Waals surface area contributed by atoms with Crippen LogP contribution in [0, 0.1) is 25.7 Å². The number of para-hydroxylation sites is 2. The summed E-state index contributed by atoms with van der Waals surface area (Å²) in [6, 6.07) is 14.1. The number of benzene rings is 2. The van der Waals surface area contributed by atoms with E-state index in [1.54, 1.807) is 4.90 Å². The number of amides is 3. The van der Waals surface area contributed by atoms with E-state index in [2.05, 4.69) is 10.6 Å². The topological polar surface area (TPSA) is 108 Å². The van der Waals surface area contributed by atoms with E-state index in [4.69, 9.17) is 4.74 Å². The molecule has 2 aromatic rings. The number of hydrogen-bond donors (Lipinski definition) is 3. The molecule has 2 unspecified atom stereocenters. The molecule has 3 heterocycles. The summed E-state index contributed by atoms with van der Waals surface area (Å²) in [4.78, 5) is 43.2. The third kappa shape index (κ3) is 4.12. The SMILES string of the molecule is Cc1cccc(C)c1NC(=O)C1N(CCCCO)C(=O)[C@@H]2[C@H](C(=O)Nc3ccccc3)[C@]3(C)CCC12O3. The van der Waals surface area contributed by atoms with Crippen LogP contribution in [0.15, 0.2) is 48.5 Å². The van der Waals surface area contributed by atoms with Crippen LogP contribution in [0.5, 0.6) is 0 Å². The van der Waals surface area contributed by atoms with Crippen LogP contribution in [0.3, 0.4) is 0 Å². The van der Waals surface area contributed by atoms with E-state index < -0.39 is 29.1 Å². The Morgan fingerprint density at radius 1 is 1.00 bits per heavy atom. The highest BCUT2D eigenvalue weighted by Gasteiger charge is 2.77. The lowest BCUT2D eigenvalue weighted by Crippen LogP contribution is -2.53. The number of unbranched alkanes of at least 4 members (excludes halogenated alkanes) is 1. The van der Waals surface area contributed by atoms with Crippen molar-refractivity contribution in [2.24, 2.45) is 11.8 Å². The van der Waals surface area contributed by atoms with Gasteiger partial charge in [-0.25, -0.2) is 0 Å². The fourth-order valence-corrected chi connectivity index (χ4v) is 6.71. The van der Waals surface area contributed by atoms with E-state index in [1.165, 1.54) is 0 Å². The summed E-state index contributed by atoms with van der Waals surface area (Å²) in [5.74, 6) is -2.26. The first kappa shape index (κ1) is 25.4. The minimum Gasteiger partial charge on any atom is -0.396 e. The molecule has 3 saturated heterocycles. The molecule has 3 aliphatic rings. The largest absolute Gasteiger partial charge is 0.396 e. The van der Waals surface area contributed by atoms with Crippen LogP contribution in [-0.2, 0) is 19.1 Å². The van der Waals surface area contributed by atoms with Crippen molar-refractivity contribution in [2.75, 3.05) is 23.8 Å². The number of nitrogens with one attached hydrogen (secondary N) is 2. The molecule has 0 aliphatic carbocycles. The van der Waals surface area contributed by atoms with Gasteiger partial charge in [0.25, 0.3) is 0 Å². The molecule has 5 atom stereocenters. The van der Waals surface area contributed by atoms with Gasteiger partial charge in [-0.15, -0.1) is 0 Å². The van der Waals surface area contributed by atoms with Crippen molar-refractivity contribution >= 4 is 29.1 Å². The maximum absolute atomic E-state index is 14.0. The van der Waals surface area contributed by atoms with Crippen molar-refractivity contribution < 1.29 is 24.2 Å². The fraction of sp³-hybridized carbons (Fsp3) is 0.483. The summed E-state index contributed by atoms with van der Waals surface area (Å²) in [6.07, 6.45) is 2.18. The minimum absolute atomic E-state index is 0.00650. The van der Waals surface area contributed by atoms with Crippen LogP contribution < -0.4 is 10.6 Å². The molecule has 3 aliphatic heterocycles. The van der Waals surface area contributed by atoms with Crippen LogP contribution in [0.1, 0.15) is 43.7 Å². The molecule has 3 N–H and O–H groups in total. The van der Waals surface area contributed by atoms with Crippen molar-refractivity contribution in [2.45, 2.75) is 63.7 Å². The first-order valence-corrected chi connectivity index (χ1v) is 13.1. The van der Waals surface area contributed by atoms with E-state index in [9.17, 15) is 19.5 Å². The van der Waals surface area contributed by atoms with Crippen LogP contribution in [0.2, 0.25) is 0 Å². The zero-order chi connectivity index (χ0) is 26.4. The standard InChI is InChI=1S/C29H35N3O5/c1-18-10-9-11-19(2)23(18)31-26(35)24-29-15-14-28(3,37-29)21(25(34)30-20-12-5-4-6-13-20)22(29)27(36)32(24)16-7-8-17-33/h4-6,9-13,21-22,24,33H,7-8,14-17H2,1-3H3,(H,30,34)(H,31,35)/t21-,22+,24?,28+,29?/m1/s1. The molecule has 5 rings (SSSR count). The van der Waals surface area contributed by atoms with Crippen molar-refractivity contribution in [3.05, 3.63) is 59.7 Å². The Kier molecular flexibility index (Phi) is 6.58. The number of fused-ring (bicyclic) bond motifs is 1. The molecule has 2 bridgehead atoms. The number of rotatable bonds is 8.